The van der Waals surface area contributed by atoms with Crippen molar-refractivity contribution in [1.82, 2.24) is 4.57 Å². The van der Waals surface area contributed by atoms with Gasteiger partial charge < -0.3 is 9.88 Å². The van der Waals surface area contributed by atoms with Gasteiger partial charge in [0, 0.05) is 69.9 Å². The predicted octanol–water partition coefficient (Wildman–Crippen LogP) is 14.4. The topological polar surface area (TPSA) is 17.0 Å². The van der Waals surface area contributed by atoms with Gasteiger partial charge in [-0.05, 0) is 115 Å². The van der Waals surface area contributed by atoms with E-state index < -0.39 is 0 Å². The Balaban J connectivity index is 1.11. The average Bonchev–Trinajstić information content (AvgIpc) is 3.93. The molecule has 0 spiro atoms. The summed E-state index contributed by atoms with van der Waals surface area (Å²) < 4.78 is 5.28. The summed E-state index contributed by atoms with van der Waals surface area (Å²) in [6.45, 7) is 16.4. The number of aromatic nitrogens is 1. The third-order valence-corrected chi connectivity index (χ3v) is 15.9. The normalized spacial score (nSPS) is 15.1. The van der Waals surface area contributed by atoms with Gasteiger partial charge >= 0.3 is 0 Å². The molecule has 1 N–H and O–H groups in total. The maximum absolute atomic E-state index is 3.99. The van der Waals surface area contributed by atoms with Crippen LogP contribution in [0.2, 0.25) is 0 Å². The van der Waals surface area contributed by atoms with Crippen LogP contribution in [0.15, 0.2) is 146 Å². The number of hydrogen-bond acceptors (Lipinski definition) is 2. The van der Waals surface area contributed by atoms with Crippen LogP contribution in [0.25, 0.3) is 81.0 Å². The van der Waals surface area contributed by atoms with Gasteiger partial charge in [-0.2, -0.15) is 0 Å². The Kier molecular flexibility index (Phi) is 7.13. The van der Waals surface area contributed by atoms with E-state index in [2.05, 4.69) is 211 Å². The Hall–Kier alpha value is -6.36. The van der Waals surface area contributed by atoms with E-state index in [0.717, 1.165) is 11.4 Å². The third-order valence-electron chi connectivity index (χ3n) is 14.8. The summed E-state index contributed by atoms with van der Waals surface area (Å²) in [5.74, 6) is 0. The highest BCUT2D eigenvalue weighted by atomic mass is 32.1. The first-order valence-corrected chi connectivity index (χ1v) is 22.9. The van der Waals surface area contributed by atoms with Crippen molar-refractivity contribution in [1.29, 1.82) is 0 Å². The predicted molar refractivity (Wildman–Crippen MR) is 268 cm³/mol. The molecule has 0 amide bonds. The second-order valence-electron chi connectivity index (χ2n) is 20.1. The lowest BCUT2D eigenvalue weighted by Gasteiger charge is -2.28. The maximum Gasteiger partial charge on any atom is 0.197 e. The number of thiophene rings is 1. The Morgan fingerprint density at radius 1 is 0.516 bits per heavy atom. The van der Waals surface area contributed by atoms with Crippen molar-refractivity contribution in [2.75, 3.05) is 5.32 Å². The third kappa shape index (κ3) is 4.82. The number of fused-ring (bicyclic) bond motifs is 14. The quantitative estimate of drug-likeness (QED) is 0.176. The van der Waals surface area contributed by atoms with Crippen molar-refractivity contribution >= 4 is 82.9 Å². The minimum atomic E-state index is -0.131. The minimum Gasteiger partial charge on any atom is -0.355 e. The fourth-order valence-corrected chi connectivity index (χ4v) is 12.6. The molecule has 0 bridgehead atoms. The zero-order valence-electron chi connectivity index (χ0n) is 36.3. The van der Waals surface area contributed by atoms with E-state index in [1.165, 1.54) is 120 Å². The van der Waals surface area contributed by atoms with E-state index >= 15 is 0 Å². The number of rotatable bonds is 3. The van der Waals surface area contributed by atoms with Crippen molar-refractivity contribution in [2.45, 2.75) is 64.7 Å². The van der Waals surface area contributed by atoms with E-state index in [4.69, 9.17) is 0 Å². The second kappa shape index (κ2) is 12.2. The van der Waals surface area contributed by atoms with Crippen LogP contribution in [0.1, 0.15) is 76.3 Å². The van der Waals surface area contributed by atoms with Crippen LogP contribution in [0.5, 0.6) is 0 Å². The van der Waals surface area contributed by atoms with Gasteiger partial charge in [0.2, 0.25) is 0 Å². The van der Waals surface area contributed by atoms with Gasteiger partial charge in [-0.15, -0.1) is 11.3 Å². The monoisotopic (exact) mass is 813 g/mol. The van der Waals surface area contributed by atoms with Crippen molar-refractivity contribution in [3.05, 3.63) is 173 Å². The Morgan fingerprint density at radius 2 is 1.18 bits per heavy atom. The highest BCUT2D eigenvalue weighted by Crippen LogP contribution is 2.53. The molecule has 2 aromatic heterocycles. The number of hydrogen-bond donors (Lipinski definition) is 1. The maximum atomic E-state index is 3.99. The lowest BCUT2D eigenvalue weighted by atomic mass is 9.58. The summed E-state index contributed by atoms with van der Waals surface area (Å²) in [5, 5.41) is 9.25. The molecular formula is C58H46BN2S. The summed E-state index contributed by atoms with van der Waals surface area (Å²) in [5.41, 5.74) is 23.1. The molecule has 297 valence electrons. The summed E-state index contributed by atoms with van der Waals surface area (Å²) in [7, 11) is 2.50. The first-order chi connectivity index (χ1) is 29.9. The van der Waals surface area contributed by atoms with Gasteiger partial charge in [-0.25, -0.2) is 0 Å². The number of anilines is 2. The van der Waals surface area contributed by atoms with Gasteiger partial charge in [0.15, 0.2) is 7.28 Å². The molecule has 0 fully saturated rings. The Labute approximate surface area is 368 Å². The summed E-state index contributed by atoms with van der Waals surface area (Å²) in [6.07, 6.45) is 0. The van der Waals surface area contributed by atoms with Crippen LogP contribution in [0.4, 0.5) is 11.4 Å². The second-order valence-corrected chi connectivity index (χ2v) is 21.1. The lowest BCUT2D eigenvalue weighted by Crippen LogP contribution is -2.37. The van der Waals surface area contributed by atoms with Gasteiger partial charge in [0.1, 0.15) is 0 Å². The molecule has 0 atom stereocenters. The molecule has 2 nitrogen and oxygen atoms in total. The number of benzene rings is 8. The molecule has 1 aliphatic heterocycles. The van der Waals surface area contributed by atoms with E-state index in [1.54, 1.807) is 0 Å². The number of nitrogens with zero attached hydrogens (tertiary/aromatic N) is 1. The molecule has 0 unspecified atom stereocenters. The van der Waals surface area contributed by atoms with Crippen LogP contribution < -0.4 is 16.2 Å². The fourth-order valence-electron chi connectivity index (χ4n) is 11.5. The van der Waals surface area contributed by atoms with E-state index in [0.29, 0.717) is 0 Å². The first kappa shape index (κ1) is 36.3. The van der Waals surface area contributed by atoms with E-state index in [-0.39, 0.29) is 16.2 Å². The minimum absolute atomic E-state index is 0.0793. The zero-order chi connectivity index (χ0) is 42.0. The van der Waals surface area contributed by atoms with Gasteiger partial charge in [0.05, 0.1) is 5.52 Å². The van der Waals surface area contributed by atoms with Crippen molar-refractivity contribution in [3.63, 3.8) is 0 Å². The average molecular weight is 814 g/mol. The highest BCUT2D eigenvalue weighted by Gasteiger charge is 2.39. The Bertz CT molecular complexity index is 3610. The number of nitrogens with one attached hydrogen (secondary N) is 1. The van der Waals surface area contributed by atoms with Gasteiger partial charge in [-0.3, -0.25) is 0 Å². The molecule has 2 aliphatic carbocycles. The molecule has 62 heavy (non-hydrogen) atoms. The summed E-state index contributed by atoms with van der Waals surface area (Å²) in [4.78, 5) is 0. The van der Waals surface area contributed by atoms with Crippen LogP contribution in [-0.4, -0.2) is 11.8 Å². The molecule has 3 aliphatic rings. The molecule has 1 radical (unpaired) electrons. The van der Waals surface area contributed by atoms with Crippen LogP contribution >= 0.6 is 11.3 Å². The zero-order valence-corrected chi connectivity index (χ0v) is 37.1. The SMILES string of the molecule is CC(C)(C)c1ccc(Nc2cc3c(cc2-c2ccc4c5cc6c(cc5n5c4c2[B]c2cc4c(cc2-5)C(C)(C)c2ccccc2-4)sc2ccccc26)-c2ccccc2C3(C)C)cc1. The molecule has 0 saturated carbocycles. The van der Waals surface area contributed by atoms with Crippen LogP contribution in [-0.2, 0) is 16.2 Å². The molecule has 3 heterocycles. The summed E-state index contributed by atoms with van der Waals surface area (Å²) in [6, 6.07) is 55.7. The lowest BCUT2D eigenvalue weighted by molar-refractivity contribution is 0.590. The summed E-state index contributed by atoms with van der Waals surface area (Å²) >= 11 is 1.90. The highest BCUT2D eigenvalue weighted by molar-refractivity contribution is 7.25. The van der Waals surface area contributed by atoms with Gasteiger partial charge in [-0.1, -0.05) is 151 Å². The van der Waals surface area contributed by atoms with Crippen LogP contribution in [0, 0.1) is 0 Å². The molecule has 8 aromatic carbocycles. The Morgan fingerprint density at radius 3 is 1.90 bits per heavy atom. The molecule has 4 heteroatoms. The van der Waals surface area contributed by atoms with E-state index in [9.17, 15) is 0 Å². The standard InChI is InChI=1S/C58H46BN2S/c1-56(2,3)32-20-22-33(23-21-32)60-49-29-46-39(34-14-8-11-17-44(34)57(46,4)5)26-41(49)37-24-25-38-42-27-43-36-16-10-13-19-52(36)62-53(43)31-50(42)61-51-30-47-40(28-48(51)59-54(37)55(38)61)35-15-9-12-18-45(35)58(47,6)7/h8-31,60H,1-7H3. The first-order valence-electron chi connectivity index (χ1n) is 22.1. The molecule has 10 aromatic rings. The molecular weight excluding hydrogens is 768 g/mol. The molecule has 13 rings (SSSR count). The smallest absolute Gasteiger partial charge is 0.197 e. The molecule has 0 saturated heterocycles. The van der Waals surface area contributed by atoms with E-state index in [1.807, 2.05) is 11.3 Å². The van der Waals surface area contributed by atoms with Crippen molar-refractivity contribution in [2.24, 2.45) is 0 Å². The fraction of sp³-hybridized carbons (Fsp3) is 0.172. The van der Waals surface area contributed by atoms with Crippen molar-refractivity contribution in [3.8, 4) is 39.1 Å². The van der Waals surface area contributed by atoms with Gasteiger partial charge in [0.25, 0.3) is 0 Å². The van der Waals surface area contributed by atoms with Crippen LogP contribution in [0.3, 0.4) is 0 Å². The van der Waals surface area contributed by atoms with Crippen molar-refractivity contribution < 1.29 is 0 Å². The largest absolute Gasteiger partial charge is 0.355 e.